The Kier molecular flexibility index (Phi) is 8.95. The first kappa shape index (κ1) is 12.2. The molecule has 0 aromatic heterocycles. The predicted molar refractivity (Wildman–Crippen MR) is 41.9 cm³/mol. The maximum absolute atomic E-state index is 10.1. The number of thiol groups is 1. The molecular formula is C3H2NNaO2S2. The average molecular weight is 171 g/mol. The Hall–Kier alpha value is 0.490. The van der Waals surface area contributed by atoms with Gasteiger partial charge in [0.25, 0.3) is 0 Å². The van der Waals surface area contributed by atoms with Gasteiger partial charge >= 0.3 is 35.5 Å². The first-order chi connectivity index (χ1) is 3.68. The van der Waals surface area contributed by atoms with Crippen molar-refractivity contribution in [1.29, 1.82) is 0 Å². The van der Waals surface area contributed by atoms with Crippen LogP contribution in [-0.4, -0.2) is 45.7 Å². The van der Waals surface area contributed by atoms with Crippen LogP contribution >= 0.6 is 24.8 Å². The van der Waals surface area contributed by atoms with E-state index in [2.05, 4.69) is 29.8 Å². The number of carbonyl (C=O) groups is 1. The van der Waals surface area contributed by atoms with Gasteiger partial charge in [-0.2, -0.15) is 0 Å². The number of nitrogens with zero attached hydrogens (tertiary/aromatic N) is 1. The fraction of sp³-hybridized carbons (Fsp3) is 0. The van der Waals surface area contributed by atoms with Gasteiger partial charge in [-0.15, -0.1) is 17.6 Å². The summed E-state index contributed by atoms with van der Waals surface area (Å²) < 4.78 is -0.228. The van der Waals surface area contributed by atoms with Gasteiger partial charge in [-0.25, -0.2) is 4.79 Å². The molecule has 0 aliphatic heterocycles. The van der Waals surface area contributed by atoms with Gasteiger partial charge in [0, 0.05) is 0 Å². The van der Waals surface area contributed by atoms with Crippen LogP contribution in [0.3, 0.4) is 0 Å². The van der Waals surface area contributed by atoms with E-state index in [4.69, 9.17) is 0 Å². The molecule has 0 aromatic rings. The number of rotatable bonds is 1. The maximum atomic E-state index is 10.1. The Morgan fingerprint density at radius 2 is 2.11 bits per heavy atom. The summed E-state index contributed by atoms with van der Waals surface area (Å²) in [5.41, 5.74) is 0. The Balaban J connectivity index is 0. The second-order valence-electron chi connectivity index (χ2n) is 0.813. The molecule has 0 bridgehead atoms. The normalized spacial score (nSPS) is 6.33. The van der Waals surface area contributed by atoms with Gasteiger partial charge in [-0.05, 0) is 0 Å². The molecule has 0 saturated heterocycles. The van der Waals surface area contributed by atoms with E-state index < -0.39 is 5.91 Å². The monoisotopic (exact) mass is 171 g/mol. The molecule has 0 aromatic carbocycles. The fourth-order valence-corrected chi connectivity index (χ4v) is 0.185. The summed E-state index contributed by atoms with van der Waals surface area (Å²) in [6.45, 7) is 0. The summed E-state index contributed by atoms with van der Waals surface area (Å²) in [5.74, 6) is -0.821. The van der Waals surface area contributed by atoms with E-state index in [0.717, 1.165) is 6.08 Å². The van der Waals surface area contributed by atoms with Crippen LogP contribution in [0.4, 0.5) is 0 Å². The first-order valence-electron chi connectivity index (χ1n) is 1.53. The molecule has 0 spiro atoms. The predicted octanol–water partition coefficient (Wildman–Crippen LogP) is -0.543. The molecule has 0 unspecified atom stereocenters. The van der Waals surface area contributed by atoms with Crippen molar-refractivity contribution in [2.75, 3.05) is 0 Å². The van der Waals surface area contributed by atoms with E-state index in [1.807, 2.05) is 0 Å². The van der Waals surface area contributed by atoms with Crippen LogP contribution in [0.25, 0.3) is 0 Å². The molecule has 0 heterocycles. The zero-order valence-corrected chi connectivity index (χ0v) is 5.33. The summed E-state index contributed by atoms with van der Waals surface area (Å²) >= 11 is 7.66. The molecule has 0 aliphatic carbocycles. The number of hydrogen-bond acceptors (Lipinski definition) is 3. The van der Waals surface area contributed by atoms with E-state index in [-0.39, 0.29) is 33.8 Å². The van der Waals surface area contributed by atoms with Gasteiger partial charge < -0.3 is 0 Å². The zero-order chi connectivity index (χ0) is 6.57. The van der Waals surface area contributed by atoms with Gasteiger partial charge in [-0.3, -0.25) is 4.79 Å². The van der Waals surface area contributed by atoms with Crippen LogP contribution in [-0.2, 0) is 9.59 Å². The van der Waals surface area contributed by atoms with Crippen LogP contribution in [0.1, 0.15) is 0 Å². The molecule has 0 aliphatic rings. The molecule has 0 N–H and O–H groups in total. The van der Waals surface area contributed by atoms with Crippen molar-refractivity contribution in [3.05, 3.63) is 0 Å². The molecule has 6 heteroatoms. The van der Waals surface area contributed by atoms with E-state index in [0.29, 0.717) is 0 Å². The quantitative estimate of drug-likeness (QED) is 0.189. The van der Waals surface area contributed by atoms with E-state index in [1.54, 1.807) is 0 Å². The molecule has 0 atom stereocenters. The summed E-state index contributed by atoms with van der Waals surface area (Å²) in [6.07, 6.45) is 1.04. The van der Waals surface area contributed by atoms with Crippen LogP contribution in [0, 0.1) is 0 Å². The average Bonchev–Trinajstić information content (AvgIpc) is 1.67. The SMILES string of the molecule is O=C=NC(=O)C(=S)S.[NaH]. The molecule has 1 amide bonds. The van der Waals surface area contributed by atoms with Crippen molar-refractivity contribution >= 4 is 70.6 Å². The van der Waals surface area contributed by atoms with Crippen LogP contribution < -0.4 is 0 Å². The summed E-state index contributed by atoms with van der Waals surface area (Å²) in [6, 6.07) is 0. The van der Waals surface area contributed by atoms with Crippen molar-refractivity contribution in [3.63, 3.8) is 0 Å². The fourth-order valence-electron chi connectivity index (χ4n) is 0.0893. The summed E-state index contributed by atoms with van der Waals surface area (Å²) in [4.78, 5) is 22.1. The Labute approximate surface area is 84.6 Å². The number of hydrogen-bond donors (Lipinski definition) is 1. The van der Waals surface area contributed by atoms with Crippen molar-refractivity contribution in [1.82, 2.24) is 0 Å². The summed E-state index contributed by atoms with van der Waals surface area (Å²) in [7, 11) is 0. The number of aliphatic imine (C=N–C) groups is 1. The standard InChI is InChI=1S/C3HNO2S2.Na.H/c5-1-4-2(6)3(7)8;;/h(H,7,8);;. The van der Waals surface area contributed by atoms with Crippen molar-refractivity contribution in [2.45, 2.75) is 0 Å². The van der Waals surface area contributed by atoms with Crippen LogP contribution in [0.15, 0.2) is 4.99 Å². The first-order valence-corrected chi connectivity index (χ1v) is 2.39. The second kappa shape index (κ2) is 6.61. The van der Waals surface area contributed by atoms with Crippen molar-refractivity contribution in [2.24, 2.45) is 4.99 Å². The topological polar surface area (TPSA) is 46.5 Å². The Morgan fingerprint density at radius 3 is 2.22 bits per heavy atom. The van der Waals surface area contributed by atoms with Gasteiger partial charge in [0.05, 0.1) is 0 Å². The number of thiocarbonyl (C=S) groups is 1. The second-order valence-corrected chi connectivity index (χ2v) is 1.97. The molecule has 9 heavy (non-hydrogen) atoms. The molecule has 0 rings (SSSR count). The van der Waals surface area contributed by atoms with Crippen molar-refractivity contribution < 1.29 is 9.59 Å². The third-order valence-corrected chi connectivity index (χ3v) is 0.696. The third kappa shape index (κ3) is 6.37. The Morgan fingerprint density at radius 1 is 1.67 bits per heavy atom. The zero-order valence-electron chi connectivity index (χ0n) is 3.62. The number of amides is 1. The van der Waals surface area contributed by atoms with Crippen LogP contribution in [0.5, 0.6) is 0 Å². The van der Waals surface area contributed by atoms with E-state index >= 15 is 0 Å². The molecular weight excluding hydrogens is 169 g/mol. The minimum atomic E-state index is -0.821. The van der Waals surface area contributed by atoms with E-state index in [9.17, 15) is 9.59 Å². The molecule has 44 valence electrons. The molecule has 0 saturated carbocycles. The van der Waals surface area contributed by atoms with Gasteiger partial charge in [0.2, 0.25) is 6.08 Å². The van der Waals surface area contributed by atoms with E-state index in [1.165, 1.54) is 0 Å². The third-order valence-electron chi connectivity index (χ3n) is 0.330. The van der Waals surface area contributed by atoms with Gasteiger partial charge in [0.15, 0.2) is 0 Å². The number of isocyanates is 1. The minimum absolute atomic E-state index is 0. The van der Waals surface area contributed by atoms with Crippen molar-refractivity contribution in [3.8, 4) is 0 Å². The molecule has 3 nitrogen and oxygen atoms in total. The number of carbonyl (C=O) groups excluding carboxylic acids is 2. The molecule has 0 radical (unpaired) electrons. The van der Waals surface area contributed by atoms with Crippen LogP contribution in [0.2, 0.25) is 0 Å². The van der Waals surface area contributed by atoms with Gasteiger partial charge in [0.1, 0.15) is 4.20 Å². The van der Waals surface area contributed by atoms with Gasteiger partial charge in [-0.1, -0.05) is 12.2 Å². The summed E-state index contributed by atoms with van der Waals surface area (Å²) in [5, 5.41) is 0. The Bertz CT molecular complexity index is 171. The molecule has 0 fully saturated rings.